The van der Waals surface area contributed by atoms with Crippen molar-refractivity contribution in [1.29, 1.82) is 0 Å². The number of hydrogen-bond acceptors (Lipinski definition) is 6. The zero-order valence-electron chi connectivity index (χ0n) is 18.2. The minimum Gasteiger partial charge on any atom is -0.495 e. The standard InChI is InChI=1S/C24H23N3O5S/c1-16(18-7-4-3-5-8-18)14-26-33(30,31)21-13-17(10-11-20(21)32-2)15-27-23(28)19-9-6-12-25-22(19)24(27)29/h3-13,16,26H,14-15H2,1-2H3/t16-/m0/s1. The molecule has 0 fully saturated rings. The number of amides is 2. The Morgan fingerprint density at radius 2 is 1.79 bits per heavy atom. The molecule has 170 valence electrons. The van der Waals surface area contributed by atoms with Crippen LogP contribution in [0.5, 0.6) is 5.75 Å². The van der Waals surface area contributed by atoms with E-state index in [4.69, 9.17) is 4.74 Å². The average Bonchev–Trinajstić information content (AvgIpc) is 3.08. The molecule has 1 aliphatic heterocycles. The van der Waals surface area contributed by atoms with Crippen molar-refractivity contribution >= 4 is 21.8 Å². The molecule has 0 spiro atoms. The second-order valence-electron chi connectivity index (χ2n) is 7.74. The summed E-state index contributed by atoms with van der Waals surface area (Å²) in [4.78, 5) is 30.2. The number of methoxy groups -OCH3 is 1. The van der Waals surface area contributed by atoms with E-state index in [9.17, 15) is 18.0 Å². The summed E-state index contributed by atoms with van der Waals surface area (Å²) >= 11 is 0. The lowest BCUT2D eigenvalue weighted by atomic mass is 10.0. The van der Waals surface area contributed by atoms with E-state index < -0.39 is 21.8 Å². The maximum atomic E-state index is 13.1. The lowest BCUT2D eigenvalue weighted by molar-refractivity contribution is 0.0640. The van der Waals surface area contributed by atoms with E-state index >= 15 is 0 Å². The highest BCUT2D eigenvalue weighted by Gasteiger charge is 2.36. The fraction of sp³-hybridized carbons (Fsp3) is 0.208. The van der Waals surface area contributed by atoms with Gasteiger partial charge in [0.05, 0.1) is 19.2 Å². The average molecular weight is 466 g/mol. The van der Waals surface area contributed by atoms with Crippen molar-refractivity contribution in [1.82, 2.24) is 14.6 Å². The molecule has 8 nitrogen and oxygen atoms in total. The predicted molar refractivity (Wildman–Crippen MR) is 121 cm³/mol. The Hall–Kier alpha value is -3.56. The normalized spacial score (nSPS) is 14.3. The zero-order chi connectivity index (χ0) is 23.6. The fourth-order valence-electron chi connectivity index (χ4n) is 3.68. The van der Waals surface area contributed by atoms with Crippen LogP contribution in [-0.4, -0.2) is 43.8 Å². The lowest BCUT2D eigenvalue weighted by Crippen LogP contribution is -2.30. The third-order valence-corrected chi connectivity index (χ3v) is 6.98. The van der Waals surface area contributed by atoms with E-state index in [0.717, 1.165) is 10.5 Å². The molecule has 2 aromatic carbocycles. The number of hydrogen-bond donors (Lipinski definition) is 1. The molecule has 2 amide bonds. The number of rotatable bonds is 8. The number of fused-ring (bicyclic) bond motifs is 1. The van der Waals surface area contributed by atoms with E-state index in [2.05, 4.69) is 9.71 Å². The predicted octanol–water partition coefficient (Wildman–Crippen LogP) is 2.97. The number of benzene rings is 2. The van der Waals surface area contributed by atoms with Gasteiger partial charge in [0.25, 0.3) is 11.8 Å². The molecular weight excluding hydrogens is 442 g/mol. The topological polar surface area (TPSA) is 106 Å². The number of carbonyl (C=O) groups excluding carboxylic acids is 2. The highest BCUT2D eigenvalue weighted by atomic mass is 32.2. The Labute approximate surface area is 192 Å². The van der Waals surface area contributed by atoms with Crippen LogP contribution in [0.15, 0.2) is 71.8 Å². The van der Waals surface area contributed by atoms with Gasteiger partial charge in [0.2, 0.25) is 10.0 Å². The van der Waals surface area contributed by atoms with Crippen LogP contribution in [0.25, 0.3) is 0 Å². The Morgan fingerprint density at radius 1 is 1.03 bits per heavy atom. The number of imide groups is 1. The van der Waals surface area contributed by atoms with Crippen molar-refractivity contribution in [2.24, 2.45) is 0 Å². The van der Waals surface area contributed by atoms with Crippen LogP contribution in [-0.2, 0) is 16.6 Å². The molecule has 1 atom stereocenters. The summed E-state index contributed by atoms with van der Waals surface area (Å²) in [5.41, 5.74) is 1.82. The smallest absolute Gasteiger partial charge is 0.280 e. The summed E-state index contributed by atoms with van der Waals surface area (Å²) in [5, 5.41) is 0. The first-order valence-electron chi connectivity index (χ1n) is 10.3. The summed E-state index contributed by atoms with van der Waals surface area (Å²) in [5.74, 6) is -0.840. The first-order valence-corrected chi connectivity index (χ1v) is 11.8. The lowest BCUT2D eigenvalue weighted by Gasteiger charge is -2.17. The van der Waals surface area contributed by atoms with E-state index in [0.29, 0.717) is 5.56 Å². The molecule has 3 aromatic rings. The van der Waals surface area contributed by atoms with Crippen molar-refractivity contribution in [2.75, 3.05) is 13.7 Å². The Balaban J connectivity index is 1.56. The first kappa shape index (κ1) is 22.6. The Kier molecular flexibility index (Phi) is 6.26. The zero-order valence-corrected chi connectivity index (χ0v) is 19.0. The summed E-state index contributed by atoms with van der Waals surface area (Å²) < 4.78 is 34.1. The molecule has 0 radical (unpaired) electrons. The molecule has 0 unspecified atom stereocenters. The number of nitrogens with zero attached hydrogens (tertiary/aromatic N) is 2. The van der Waals surface area contributed by atoms with Gasteiger partial charge >= 0.3 is 0 Å². The molecule has 0 bridgehead atoms. The van der Waals surface area contributed by atoms with Gasteiger partial charge in [-0.25, -0.2) is 13.1 Å². The third-order valence-electron chi connectivity index (χ3n) is 5.54. The van der Waals surface area contributed by atoms with Gasteiger partial charge in [0.15, 0.2) is 0 Å². The molecule has 4 rings (SSSR count). The van der Waals surface area contributed by atoms with Crippen molar-refractivity contribution in [3.8, 4) is 5.75 Å². The van der Waals surface area contributed by atoms with Gasteiger partial charge in [-0.3, -0.25) is 19.5 Å². The van der Waals surface area contributed by atoms with Crippen LogP contribution in [0.3, 0.4) is 0 Å². The molecule has 0 saturated heterocycles. The van der Waals surface area contributed by atoms with Crippen molar-refractivity contribution in [3.63, 3.8) is 0 Å². The number of nitrogens with one attached hydrogen (secondary N) is 1. The molecule has 2 heterocycles. The van der Waals surface area contributed by atoms with Crippen LogP contribution in [0.2, 0.25) is 0 Å². The van der Waals surface area contributed by atoms with Crippen LogP contribution in [0.4, 0.5) is 0 Å². The largest absolute Gasteiger partial charge is 0.495 e. The molecule has 1 aliphatic rings. The van der Waals surface area contributed by atoms with E-state index in [1.54, 1.807) is 18.2 Å². The first-order chi connectivity index (χ1) is 15.8. The number of pyridine rings is 1. The molecular formula is C24H23N3O5S. The highest BCUT2D eigenvalue weighted by molar-refractivity contribution is 7.89. The molecule has 0 saturated carbocycles. The van der Waals surface area contributed by atoms with E-state index in [1.807, 2.05) is 37.3 Å². The highest BCUT2D eigenvalue weighted by Crippen LogP contribution is 2.28. The summed E-state index contributed by atoms with van der Waals surface area (Å²) in [6, 6.07) is 17.3. The maximum absolute atomic E-state index is 13.1. The van der Waals surface area contributed by atoms with E-state index in [1.165, 1.54) is 25.4 Å². The third kappa shape index (κ3) is 4.50. The number of ether oxygens (including phenoxy) is 1. The van der Waals surface area contributed by atoms with Crippen LogP contribution < -0.4 is 9.46 Å². The van der Waals surface area contributed by atoms with E-state index in [-0.39, 0.29) is 40.9 Å². The van der Waals surface area contributed by atoms with Crippen LogP contribution >= 0.6 is 0 Å². The quantitative estimate of drug-likeness (QED) is 0.513. The van der Waals surface area contributed by atoms with Gasteiger partial charge in [-0.1, -0.05) is 43.3 Å². The molecule has 33 heavy (non-hydrogen) atoms. The van der Waals surface area contributed by atoms with Gasteiger partial charge in [0, 0.05) is 12.7 Å². The molecule has 1 N–H and O–H groups in total. The molecule has 0 aliphatic carbocycles. The Morgan fingerprint density at radius 3 is 2.48 bits per heavy atom. The number of carbonyl (C=O) groups is 2. The second kappa shape index (κ2) is 9.13. The number of sulfonamides is 1. The van der Waals surface area contributed by atoms with Gasteiger partial charge in [0.1, 0.15) is 16.3 Å². The minimum absolute atomic E-state index is 0.0407. The van der Waals surface area contributed by atoms with Crippen molar-refractivity contribution in [2.45, 2.75) is 24.3 Å². The van der Waals surface area contributed by atoms with Gasteiger partial charge in [-0.15, -0.1) is 0 Å². The van der Waals surface area contributed by atoms with Crippen molar-refractivity contribution < 1.29 is 22.7 Å². The number of aromatic nitrogens is 1. The van der Waals surface area contributed by atoms with Crippen LogP contribution in [0, 0.1) is 0 Å². The molecule has 1 aromatic heterocycles. The summed E-state index contributed by atoms with van der Waals surface area (Å²) in [6.45, 7) is 2.05. The van der Waals surface area contributed by atoms with Gasteiger partial charge in [-0.05, 0) is 41.3 Å². The summed E-state index contributed by atoms with van der Waals surface area (Å²) in [7, 11) is -2.53. The Bertz CT molecular complexity index is 1270. The maximum Gasteiger partial charge on any atom is 0.280 e. The van der Waals surface area contributed by atoms with Crippen LogP contribution in [0.1, 0.15) is 44.8 Å². The molecule has 9 heteroatoms. The minimum atomic E-state index is -3.92. The second-order valence-corrected chi connectivity index (χ2v) is 9.48. The van der Waals surface area contributed by atoms with Gasteiger partial charge < -0.3 is 4.74 Å². The van der Waals surface area contributed by atoms with Crippen molar-refractivity contribution in [3.05, 3.63) is 89.2 Å². The van der Waals surface area contributed by atoms with Gasteiger partial charge in [-0.2, -0.15) is 0 Å². The SMILES string of the molecule is COc1ccc(CN2C(=O)c3cccnc3C2=O)cc1S(=O)(=O)NC[C@H](C)c1ccccc1. The summed E-state index contributed by atoms with van der Waals surface area (Å²) in [6.07, 6.45) is 1.45. The fourth-order valence-corrected chi connectivity index (χ4v) is 5.03. The monoisotopic (exact) mass is 465 g/mol.